The molecule has 0 radical (unpaired) electrons. The Kier molecular flexibility index (Phi) is 3.68. The Bertz CT molecular complexity index is 372. The van der Waals surface area contributed by atoms with E-state index >= 15 is 0 Å². The number of carbonyl (C=O) groups excluding carboxylic acids is 2. The minimum absolute atomic E-state index is 0.0940. The highest BCUT2D eigenvalue weighted by molar-refractivity contribution is 6.21. The molecule has 0 atom stereocenters. The van der Waals surface area contributed by atoms with Gasteiger partial charge in [-0.15, -0.1) is 0 Å². The monoisotopic (exact) mass is 210 g/mol. The summed E-state index contributed by atoms with van der Waals surface area (Å²) in [6, 6.07) is 4.54. The average molecular weight is 210 g/mol. The minimum Gasteiger partial charge on any atom is -0.493 e. The van der Waals surface area contributed by atoms with Crippen molar-refractivity contribution in [2.24, 2.45) is 0 Å². The van der Waals surface area contributed by atoms with Crippen LogP contribution in [0.2, 0.25) is 0 Å². The Hall–Kier alpha value is -2.04. The molecule has 1 aromatic carbocycles. The van der Waals surface area contributed by atoms with Crippen molar-refractivity contribution in [3.63, 3.8) is 0 Å². The Morgan fingerprint density at radius 3 is 2.40 bits per heavy atom. The van der Waals surface area contributed by atoms with E-state index in [4.69, 9.17) is 9.47 Å². The molecule has 0 spiro atoms. The second-order valence-electron chi connectivity index (χ2n) is 2.56. The molecular formula is C10H10O5. The third kappa shape index (κ3) is 2.70. The van der Waals surface area contributed by atoms with Gasteiger partial charge in [0.25, 0.3) is 0 Å². The molecule has 1 aromatic rings. The van der Waals surface area contributed by atoms with Crippen LogP contribution >= 0.6 is 0 Å². The molecule has 0 aliphatic carbocycles. The van der Waals surface area contributed by atoms with Crippen LogP contribution in [0.15, 0.2) is 18.2 Å². The van der Waals surface area contributed by atoms with E-state index in [1.165, 1.54) is 26.4 Å². The molecule has 5 nitrogen and oxygen atoms in total. The highest BCUT2D eigenvalue weighted by atomic mass is 16.5. The number of benzene rings is 1. The number of methoxy groups -OCH3 is 2. The molecule has 0 fully saturated rings. The van der Waals surface area contributed by atoms with E-state index in [-0.39, 0.29) is 12.0 Å². The molecule has 15 heavy (non-hydrogen) atoms. The van der Waals surface area contributed by atoms with Gasteiger partial charge in [0.2, 0.25) is 6.29 Å². The van der Waals surface area contributed by atoms with Gasteiger partial charge < -0.3 is 14.2 Å². The van der Waals surface area contributed by atoms with E-state index in [1.807, 2.05) is 0 Å². The first kappa shape index (κ1) is 11.0. The smallest absolute Gasteiger partial charge is 0.376 e. The van der Waals surface area contributed by atoms with E-state index in [0.29, 0.717) is 11.5 Å². The Morgan fingerprint density at radius 2 is 1.87 bits per heavy atom. The average Bonchev–Trinajstić information content (AvgIpc) is 2.28. The number of hydrogen-bond acceptors (Lipinski definition) is 5. The van der Waals surface area contributed by atoms with Crippen molar-refractivity contribution < 1.29 is 23.8 Å². The predicted octanol–water partition coefficient (Wildman–Crippen LogP) is 0.808. The molecule has 0 aliphatic rings. The van der Waals surface area contributed by atoms with Gasteiger partial charge in [0, 0.05) is 6.07 Å². The van der Waals surface area contributed by atoms with E-state index in [0.717, 1.165) is 0 Å². The van der Waals surface area contributed by atoms with Crippen molar-refractivity contribution in [1.29, 1.82) is 0 Å². The molecule has 0 N–H and O–H groups in total. The molecule has 5 heteroatoms. The summed E-state index contributed by atoms with van der Waals surface area (Å²) in [5.41, 5.74) is 0. The summed E-state index contributed by atoms with van der Waals surface area (Å²) < 4.78 is 14.6. The van der Waals surface area contributed by atoms with Crippen LogP contribution in [0.25, 0.3) is 0 Å². The van der Waals surface area contributed by atoms with Crippen molar-refractivity contribution in [3.8, 4) is 17.2 Å². The lowest BCUT2D eigenvalue weighted by molar-refractivity contribution is -0.141. The maximum Gasteiger partial charge on any atom is 0.376 e. The van der Waals surface area contributed by atoms with E-state index in [1.54, 1.807) is 6.07 Å². The number of ether oxygens (including phenoxy) is 3. The molecule has 0 aromatic heterocycles. The lowest BCUT2D eigenvalue weighted by Gasteiger charge is -2.08. The molecule has 0 saturated heterocycles. The van der Waals surface area contributed by atoms with Gasteiger partial charge in [-0.2, -0.15) is 0 Å². The van der Waals surface area contributed by atoms with E-state index in [9.17, 15) is 9.59 Å². The summed E-state index contributed by atoms with van der Waals surface area (Å²) >= 11 is 0. The number of esters is 1. The van der Waals surface area contributed by atoms with Gasteiger partial charge in [0.1, 0.15) is 5.75 Å². The lowest BCUT2D eigenvalue weighted by atomic mass is 10.3. The zero-order valence-corrected chi connectivity index (χ0v) is 8.35. The fourth-order valence-corrected chi connectivity index (χ4v) is 1.02. The number of aldehydes is 1. The molecule has 0 bridgehead atoms. The number of hydrogen-bond donors (Lipinski definition) is 0. The van der Waals surface area contributed by atoms with Crippen molar-refractivity contribution in [2.75, 3.05) is 14.2 Å². The lowest BCUT2D eigenvalue weighted by Crippen LogP contribution is -2.08. The minimum atomic E-state index is -0.956. The quantitative estimate of drug-likeness (QED) is 0.318. The van der Waals surface area contributed by atoms with Crippen LogP contribution in [0.3, 0.4) is 0 Å². The Balaban J connectivity index is 2.92. The van der Waals surface area contributed by atoms with E-state index in [2.05, 4.69) is 4.74 Å². The number of rotatable bonds is 4. The first-order valence-corrected chi connectivity index (χ1v) is 4.10. The topological polar surface area (TPSA) is 61.8 Å². The molecule has 0 heterocycles. The molecule has 1 rings (SSSR count). The first-order chi connectivity index (χ1) is 7.21. The zero-order chi connectivity index (χ0) is 11.3. The summed E-state index contributed by atoms with van der Waals surface area (Å²) in [6.07, 6.45) is 0.0940. The molecule has 0 amide bonds. The van der Waals surface area contributed by atoms with Crippen LogP contribution in [-0.4, -0.2) is 26.5 Å². The van der Waals surface area contributed by atoms with Gasteiger partial charge in [0.05, 0.1) is 14.2 Å². The normalized spacial score (nSPS) is 9.20. The Labute approximate surface area is 86.6 Å². The maximum absolute atomic E-state index is 10.7. The second kappa shape index (κ2) is 4.99. The first-order valence-electron chi connectivity index (χ1n) is 4.10. The predicted molar refractivity (Wildman–Crippen MR) is 51.2 cm³/mol. The van der Waals surface area contributed by atoms with Crippen LogP contribution in [-0.2, 0) is 9.59 Å². The summed E-state index contributed by atoms with van der Waals surface area (Å²) in [5, 5.41) is 0. The van der Waals surface area contributed by atoms with Crippen molar-refractivity contribution in [2.45, 2.75) is 0 Å². The molecular weight excluding hydrogens is 200 g/mol. The highest BCUT2D eigenvalue weighted by Gasteiger charge is 2.07. The van der Waals surface area contributed by atoms with Crippen LogP contribution in [0, 0.1) is 0 Å². The van der Waals surface area contributed by atoms with Crippen LogP contribution in [0.5, 0.6) is 17.2 Å². The largest absolute Gasteiger partial charge is 0.493 e. The summed E-state index contributed by atoms with van der Waals surface area (Å²) in [7, 11) is 2.96. The summed E-state index contributed by atoms with van der Waals surface area (Å²) in [5.74, 6) is 0.212. The highest BCUT2D eigenvalue weighted by Crippen LogP contribution is 2.30. The molecule has 0 saturated carbocycles. The maximum atomic E-state index is 10.7. The van der Waals surface area contributed by atoms with Gasteiger partial charge in [-0.1, -0.05) is 0 Å². The van der Waals surface area contributed by atoms with Crippen LogP contribution in [0.4, 0.5) is 0 Å². The molecule has 80 valence electrons. The standard InChI is InChI=1S/C10H10O5/c1-13-8-4-3-7(5-9(8)14-2)15-10(12)6-11/h3-6H,1-2H3. The third-order valence-corrected chi connectivity index (χ3v) is 1.67. The Morgan fingerprint density at radius 1 is 1.20 bits per heavy atom. The third-order valence-electron chi connectivity index (χ3n) is 1.67. The zero-order valence-electron chi connectivity index (χ0n) is 8.35. The van der Waals surface area contributed by atoms with Crippen molar-refractivity contribution in [1.82, 2.24) is 0 Å². The van der Waals surface area contributed by atoms with Gasteiger partial charge >= 0.3 is 5.97 Å². The van der Waals surface area contributed by atoms with E-state index < -0.39 is 5.97 Å². The van der Waals surface area contributed by atoms with Crippen molar-refractivity contribution >= 4 is 12.3 Å². The second-order valence-corrected chi connectivity index (χ2v) is 2.56. The van der Waals surface area contributed by atoms with Gasteiger partial charge in [0.15, 0.2) is 11.5 Å². The van der Waals surface area contributed by atoms with Gasteiger partial charge in [-0.3, -0.25) is 4.79 Å². The SMILES string of the molecule is COc1ccc(OC(=O)C=O)cc1OC. The summed E-state index contributed by atoms with van der Waals surface area (Å²) in [6.45, 7) is 0. The van der Waals surface area contributed by atoms with Crippen molar-refractivity contribution in [3.05, 3.63) is 18.2 Å². The van der Waals surface area contributed by atoms with Crippen LogP contribution in [0.1, 0.15) is 0 Å². The number of carbonyl (C=O) groups is 2. The van der Waals surface area contributed by atoms with Gasteiger partial charge in [-0.25, -0.2) is 4.79 Å². The summed E-state index contributed by atoms with van der Waals surface area (Å²) in [4.78, 5) is 20.7. The molecule has 0 aliphatic heterocycles. The molecule has 0 unspecified atom stereocenters. The van der Waals surface area contributed by atoms with Crippen LogP contribution < -0.4 is 14.2 Å². The fourth-order valence-electron chi connectivity index (χ4n) is 1.02. The van der Waals surface area contributed by atoms with Gasteiger partial charge in [-0.05, 0) is 12.1 Å². The fraction of sp³-hybridized carbons (Fsp3) is 0.200.